The molecule has 0 saturated carbocycles. The van der Waals surface area contributed by atoms with Gasteiger partial charge in [0.05, 0.1) is 12.7 Å². The smallest absolute Gasteiger partial charge is 0.338 e. The standard InChI is InChI=1S/C23H22N2O4/c1-15-10-19(12-21(16(15)2)23(27)28-3)25-22(26)18-7-4-8-20(11-18)29-14-17-6-5-9-24-13-17/h4-13H,14H2,1-3H3,(H,25,26). The second-order valence-corrected chi connectivity index (χ2v) is 6.59. The van der Waals surface area contributed by atoms with Crippen LogP contribution in [0.4, 0.5) is 5.69 Å². The molecular formula is C23H22N2O4. The fourth-order valence-corrected chi connectivity index (χ4v) is 2.83. The number of nitrogens with zero attached hydrogens (tertiary/aromatic N) is 1. The number of aryl methyl sites for hydroxylation is 1. The van der Waals surface area contributed by atoms with Crippen molar-refractivity contribution in [3.63, 3.8) is 0 Å². The third kappa shape index (κ3) is 4.99. The summed E-state index contributed by atoms with van der Waals surface area (Å²) in [5, 5.41) is 2.83. The SMILES string of the molecule is COC(=O)c1cc(NC(=O)c2cccc(OCc3cccnc3)c2)cc(C)c1C. The number of rotatable bonds is 6. The van der Waals surface area contributed by atoms with Crippen LogP contribution in [0.1, 0.15) is 37.4 Å². The molecule has 0 saturated heterocycles. The van der Waals surface area contributed by atoms with Crippen molar-refractivity contribution in [3.8, 4) is 5.75 Å². The van der Waals surface area contributed by atoms with Gasteiger partial charge in [-0.15, -0.1) is 0 Å². The number of aromatic nitrogens is 1. The van der Waals surface area contributed by atoms with Gasteiger partial charge in [0.1, 0.15) is 12.4 Å². The molecule has 1 aromatic heterocycles. The predicted octanol–water partition coefficient (Wildman–Crippen LogP) is 4.32. The Kier molecular flexibility index (Phi) is 6.24. The summed E-state index contributed by atoms with van der Waals surface area (Å²) in [6.45, 7) is 4.08. The lowest BCUT2D eigenvalue weighted by Gasteiger charge is -2.12. The van der Waals surface area contributed by atoms with E-state index >= 15 is 0 Å². The third-order valence-corrected chi connectivity index (χ3v) is 4.56. The minimum absolute atomic E-state index is 0.295. The van der Waals surface area contributed by atoms with Crippen LogP contribution in [0.15, 0.2) is 60.9 Å². The zero-order valence-electron chi connectivity index (χ0n) is 16.6. The van der Waals surface area contributed by atoms with Gasteiger partial charge >= 0.3 is 5.97 Å². The monoisotopic (exact) mass is 390 g/mol. The molecule has 2 aromatic carbocycles. The number of anilines is 1. The molecule has 0 fully saturated rings. The normalized spacial score (nSPS) is 10.3. The average Bonchev–Trinajstić information content (AvgIpc) is 2.75. The molecule has 0 radical (unpaired) electrons. The van der Waals surface area contributed by atoms with Crippen molar-refractivity contribution < 1.29 is 19.1 Å². The topological polar surface area (TPSA) is 77.5 Å². The molecule has 1 N–H and O–H groups in total. The van der Waals surface area contributed by atoms with Gasteiger partial charge < -0.3 is 14.8 Å². The quantitative estimate of drug-likeness (QED) is 0.635. The van der Waals surface area contributed by atoms with Gasteiger partial charge in [-0.2, -0.15) is 0 Å². The molecule has 6 heteroatoms. The number of amides is 1. The van der Waals surface area contributed by atoms with Gasteiger partial charge in [-0.1, -0.05) is 12.1 Å². The largest absolute Gasteiger partial charge is 0.489 e. The summed E-state index contributed by atoms with van der Waals surface area (Å²) < 4.78 is 10.6. The number of carbonyl (C=O) groups is 2. The van der Waals surface area contributed by atoms with Crippen LogP contribution in [0.5, 0.6) is 5.75 Å². The molecule has 1 amide bonds. The Balaban J connectivity index is 1.74. The van der Waals surface area contributed by atoms with Crippen molar-refractivity contribution in [1.82, 2.24) is 4.98 Å². The summed E-state index contributed by atoms with van der Waals surface area (Å²) in [6, 6.07) is 14.1. The Hall–Kier alpha value is -3.67. The maximum Gasteiger partial charge on any atom is 0.338 e. The Morgan fingerprint density at radius 2 is 1.90 bits per heavy atom. The molecule has 29 heavy (non-hydrogen) atoms. The fraction of sp³-hybridized carbons (Fsp3) is 0.174. The first kappa shape index (κ1) is 20.1. The summed E-state index contributed by atoms with van der Waals surface area (Å²) >= 11 is 0. The summed E-state index contributed by atoms with van der Waals surface area (Å²) in [4.78, 5) is 28.7. The molecule has 148 valence electrons. The lowest BCUT2D eigenvalue weighted by atomic mass is 10.0. The summed E-state index contributed by atoms with van der Waals surface area (Å²) in [5.41, 5.74) is 4.05. The molecule has 0 atom stereocenters. The molecule has 0 bridgehead atoms. The van der Waals surface area contributed by atoms with E-state index in [-0.39, 0.29) is 5.91 Å². The van der Waals surface area contributed by atoms with Crippen molar-refractivity contribution >= 4 is 17.6 Å². The van der Waals surface area contributed by atoms with Crippen LogP contribution in [-0.4, -0.2) is 24.0 Å². The highest BCUT2D eigenvalue weighted by Crippen LogP contribution is 2.22. The molecular weight excluding hydrogens is 368 g/mol. The maximum atomic E-state index is 12.7. The molecule has 1 heterocycles. The van der Waals surface area contributed by atoms with Gasteiger partial charge in [0.2, 0.25) is 0 Å². The molecule has 0 unspecified atom stereocenters. The number of methoxy groups -OCH3 is 1. The van der Waals surface area contributed by atoms with E-state index in [2.05, 4.69) is 10.3 Å². The van der Waals surface area contributed by atoms with Crippen LogP contribution in [-0.2, 0) is 11.3 Å². The van der Waals surface area contributed by atoms with Gasteiger partial charge in [-0.3, -0.25) is 9.78 Å². The molecule has 6 nitrogen and oxygen atoms in total. The van der Waals surface area contributed by atoms with E-state index in [1.807, 2.05) is 32.0 Å². The summed E-state index contributed by atoms with van der Waals surface area (Å²) in [7, 11) is 1.33. The third-order valence-electron chi connectivity index (χ3n) is 4.56. The van der Waals surface area contributed by atoms with E-state index in [0.29, 0.717) is 29.2 Å². The zero-order valence-corrected chi connectivity index (χ0v) is 16.6. The van der Waals surface area contributed by atoms with E-state index < -0.39 is 5.97 Å². The molecule has 3 aromatic rings. The van der Waals surface area contributed by atoms with Crippen LogP contribution in [0.25, 0.3) is 0 Å². The first-order valence-electron chi connectivity index (χ1n) is 9.10. The van der Waals surface area contributed by atoms with Crippen molar-refractivity contribution in [1.29, 1.82) is 0 Å². The van der Waals surface area contributed by atoms with E-state index in [1.165, 1.54) is 7.11 Å². The van der Waals surface area contributed by atoms with Crippen LogP contribution in [0, 0.1) is 13.8 Å². The molecule has 0 spiro atoms. The lowest BCUT2D eigenvalue weighted by molar-refractivity contribution is 0.0599. The Morgan fingerprint density at radius 1 is 1.07 bits per heavy atom. The van der Waals surface area contributed by atoms with Crippen LogP contribution >= 0.6 is 0 Å². The van der Waals surface area contributed by atoms with Crippen molar-refractivity contribution in [2.45, 2.75) is 20.5 Å². The van der Waals surface area contributed by atoms with Gasteiger partial charge in [0.15, 0.2) is 0 Å². The average molecular weight is 390 g/mol. The van der Waals surface area contributed by atoms with Crippen LogP contribution < -0.4 is 10.1 Å². The van der Waals surface area contributed by atoms with Crippen molar-refractivity contribution in [3.05, 3.63) is 88.7 Å². The number of hydrogen-bond donors (Lipinski definition) is 1. The van der Waals surface area contributed by atoms with Gasteiger partial charge in [-0.25, -0.2) is 4.79 Å². The van der Waals surface area contributed by atoms with E-state index in [1.54, 1.807) is 42.7 Å². The molecule has 0 aliphatic heterocycles. The number of benzene rings is 2. The van der Waals surface area contributed by atoms with E-state index in [9.17, 15) is 9.59 Å². The number of carbonyl (C=O) groups excluding carboxylic acids is 2. The fourth-order valence-electron chi connectivity index (χ4n) is 2.83. The molecule has 0 aliphatic carbocycles. The Morgan fingerprint density at radius 3 is 2.62 bits per heavy atom. The van der Waals surface area contributed by atoms with Gasteiger partial charge in [0, 0.05) is 29.2 Å². The Labute approximate surface area is 169 Å². The highest BCUT2D eigenvalue weighted by molar-refractivity contribution is 6.05. The van der Waals surface area contributed by atoms with Crippen molar-refractivity contribution in [2.24, 2.45) is 0 Å². The number of esters is 1. The Bertz CT molecular complexity index is 1030. The second kappa shape index (κ2) is 9.01. The van der Waals surface area contributed by atoms with Crippen LogP contribution in [0.2, 0.25) is 0 Å². The van der Waals surface area contributed by atoms with Crippen LogP contribution in [0.3, 0.4) is 0 Å². The zero-order chi connectivity index (χ0) is 20.8. The number of ether oxygens (including phenoxy) is 2. The number of hydrogen-bond acceptors (Lipinski definition) is 5. The van der Waals surface area contributed by atoms with E-state index in [4.69, 9.17) is 9.47 Å². The van der Waals surface area contributed by atoms with Gasteiger partial charge in [0.25, 0.3) is 5.91 Å². The summed E-state index contributed by atoms with van der Waals surface area (Å²) in [6.07, 6.45) is 3.43. The number of nitrogens with one attached hydrogen (secondary N) is 1. The minimum Gasteiger partial charge on any atom is -0.489 e. The number of pyridine rings is 1. The second-order valence-electron chi connectivity index (χ2n) is 6.59. The first-order valence-corrected chi connectivity index (χ1v) is 9.10. The highest BCUT2D eigenvalue weighted by atomic mass is 16.5. The molecule has 3 rings (SSSR count). The minimum atomic E-state index is -0.438. The highest BCUT2D eigenvalue weighted by Gasteiger charge is 2.14. The summed E-state index contributed by atoms with van der Waals surface area (Å²) in [5.74, 6) is -0.153. The van der Waals surface area contributed by atoms with Crippen molar-refractivity contribution in [2.75, 3.05) is 12.4 Å². The maximum absolute atomic E-state index is 12.7. The molecule has 0 aliphatic rings. The first-order chi connectivity index (χ1) is 14.0. The lowest BCUT2D eigenvalue weighted by Crippen LogP contribution is -2.14. The van der Waals surface area contributed by atoms with E-state index in [0.717, 1.165) is 16.7 Å². The van der Waals surface area contributed by atoms with Gasteiger partial charge in [-0.05, 0) is 61.4 Å². The predicted molar refractivity (Wildman–Crippen MR) is 110 cm³/mol.